The third-order valence-electron chi connectivity index (χ3n) is 1.62. The monoisotopic (exact) mass is 291 g/mol. The molecule has 0 aromatic heterocycles. The summed E-state index contributed by atoms with van der Waals surface area (Å²) in [5.41, 5.74) is 0. The summed E-state index contributed by atoms with van der Waals surface area (Å²) in [6.45, 7) is 0. The molecule has 0 bridgehead atoms. The Bertz CT molecular complexity index is 327. The van der Waals surface area contributed by atoms with E-state index in [9.17, 15) is 39.3 Å². The molecule has 106 valence electrons. The van der Waals surface area contributed by atoms with E-state index in [1.807, 2.05) is 0 Å². The van der Waals surface area contributed by atoms with Gasteiger partial charge in [-0.05, 0) is 12.8 Å². The van der Waals surface area contributed by atoms with Crippen molar-refractivity contribution in [3.05, 3.63) is 0 Å². The predicted octanol–water partition coefficient (Wildman–Crippen LogP) is 2.57. The molecule has 4 N–H and O–H groups in total. The normalized spacial score (nSPS) is 15.2. The van der Waals surface area contributed by atoms with Crippen LogP contribution in [-0.4, -0.2) is 30.6 Å². The summed E-state index contributed by atoms with van der Waals surface area (Å²) in [5, 5.41) is -5.20. The van der Waals surface area contributed by atoms with E-state index in [1.165, 1.54) is 0 Å². The van der Waals surface area contributed by atoms with Gasteiger partial charge in [-0.3, -0.25) is 0 Å². The molecule has 0 heterocycles. The van der Waals surface area contributed by atoms with E-state index >= 15 is 0 Å². The second kappa shape index (κ2) is 5.87. The van der Waals surface area contributed by atoms with E-state index in [-0.39, 0.29) is 6.15 Å². The van der Waals surface area contributed by atoms with Gasteiger partial charge in [0.05, 0.1) is 0 Å². The van der Waals surface area contributed by atoms with Gasteiger partial charge in [-0.15, -0.1) is 0 Å². The lowest BCUT2D eigenvalue weighted by Crippen LogP contribution is -2.38. The SMILES string of the molecule is O=S(=O)([O-])C(F)(F)C(F)CCCC(F)(F)F.[NH4+]. The quantitative estimate of drug-likeness (QED) is 0.623. The van der Waals surface area contributed by atoms with Gasteiger partial charge >= 0.3 is 11.4 Å². The maximum absolute atomic E-state index is 12.6. The number of halogens is 6. The Morgan fingerprint density at radius 3 is 1.82 bits per heavy atom. The predicted molar refractivity (Wildman–Crippen MR) is 45.4 cm³/mol. The van der Waals surface area contributed by atoms with Crippen LogP contribution >= 0.6 is 0 Å². The first-order valence-electron chi connectivity index (χ1n) is 3.92. The van der Waals surface area contributed by atoms with E-state index in [2.05, 4.69) is 0 Å². The molecule has 17 heavy (non-hydrogen) atoms. The van der Waals surface area contributed by atoms with Gasteiger partial charge in [0.15, 0.2) is 16.3 Å². The lowest BCUT2D eigenvalue weighted by atomic mass is 10.2. The van der Waals surface area contributed by atoms with Crippen molar-refractivity contribution >= 4 is 10.1 Å². The lowest BCUT2D eigenvalue weighted by molar-refractivity contribution is -0.137. The second-order valence-corrected chi connectivity index (χ2v) is 4.44. The van der Waals surface area contributed by atoms with Gasteiger partial charge in [-0.1, -0.05) is 0 Å². The van der Waals surface area contributed by atoms with Gasteiger partial charge in [0, 0.05) is 6.42 Å². The summed E-state index contributed by atoms with van der Waals surface area (Å²) < 4.78 is 102. The summed E-state index contributed by atoms with van der Waals surface area (Å²) in [7, 11) is -6.21. The fourth-order valence-electron chi connectivity index (χ4n) is 0.806. The minimum absolute atomic E-state index is 0. The van der Waals surface area contributed by atoms with Crippen molar-refractivity contribution in [2.24, 2.45) is 0 Å². The van der Waals surface area contributed by atoms with Crippen LogP contribution in [0.15, 0.2) is 0 Å². The Labute approximate surface area is 93.3 Å². The third kappa shape index (κ3) is 6.07. The number of quaternary nitrogens is 1. The lowest BCUT2D eigenvalue weighted by Gasteiger charge is -2.23. The first-order chi connectivity index (χ1) is 6.88. The van der Waals surface area contributed by atoms with Gasteiger partial charge < -0.3 is 10.7 Å². The zero-order valence-corrected chi connectivity index (χ0v) is 9.42. The van der Waals surface area contributed by atoms with Gasteiger partial charge in [0.1, 0.15) is 0 Å². The largest absolute Gasteiger partial charge is 0.743 e. The molecular formula is C6H11F6NO3S. The Kier molecular flexibility index (Phi) is 6.49. The summed E-state index contributed by atoms with van der Waals surface area (Å²) in [4.78, 5) is 0. The van der Waals surface area contributed by atoms with Crippen LogP contribution < -0.4 is 6.15 Å². The molecule has 4 nitrogen and oxygen atoms in total. The summed E-state index contributed by atoms with van der Waals surface area (Å²) in [6, 6.07) is 0. The molecule has 0 fully saturated rings. The van der Waals surface area contributed by atoms with E-state index in [0.29, 0.717) is 0 Å². The van der Waals surface area contributed by atoms with Crippen LogP contribution in [0.4, 0.5) is 26.3 Å². The number of hydrogen-bond donors (Lipinski definition) is 1. The van der Waals surface area contributed by atoms with Crippen molar-refractivity contribution in [2.75, 3.05) is 0 Å². The highest BCUT2D eigenvalue weighted by Crippen LogP contribution is 2.32. The van der Waals surface area contributed by atoms with Gasteiger partial charge in [-0.2, -0.15) is 22.0 Å². The highest BCUT2D eigenvalue weighted by molar-refractivity contribution is 7.86. The van der Waals surface area contributed by atoms with Crippen LogP contribution in [-0.2, 0) is 10.1 Å². The fourth-order valence-corrected chi connectivity index (χ4v) is 1.24. The minimum Gasteiger partial charge on any atom is -0.743 e. The number of alkyl halides is 6. The van der Waals surface area contributed by atoms with Crippen LogP contribution in [0.3, 0.4) is 0 Å². The molecule has 0 amide bonds. The zero-order valence-electron chi connectivity index (χ0n) is 8.60. The maximum atomic E-state index is 12.6. The molecule has 0 aliphatic rings. The Morgan fingerprint density at radius 2 is 1.53 bits per heavy atom. The molecule has 0 saturated carbocycles. The highest BCUT2D eigenvalue weighted by Gasteiger charge is 2.47. The number of hydrogen-bond acceptors (Lipinski definition) is 3. The average Bonchev–Trinajstić information content (AvgIpc) is 1.99. The van der Waals surface area contributed by atoms with E-state index < -0.39 is 47.0 Å². The first-order valence-corrected chi connectivity index (χ1v) is 5.33. The molecule has 0 aromatic carbocycles. The molecule has 0 spiro atoms. The molecular weight excluding hydrogens is 280 g/mol. The van der Waals surface area contributed by atoms with Crippen LogP contribution in [0, 0.1) is 0 Å². The summed E-state index contributed by atoms with van der Waals surface area (Å²) >= 11 is 0. The fraction of sp³-hybridized carbons (Fsp3) is 1.00. The second-order valence-electron chi connectivity index (χ2n) is 2.99. The molecule has 0 saturated heterocycles. The Morgan fingerprint density at radius 1 is 1.12 bits per heavy atom. The van der Waals surface area contributed by atoms with Gasteiger partial charge in [0.25, 0.3) is 0 Å². The van der Waals surface area contributed by atoms with Crippen molar-refractivity contribution in [1.29, 1.82) is 0 Å². The standard InChI is InChI=1S/C6H8F6O3S.H3N/c7-4(2-1-3-5(8,9)10)6(11,12)16(13,14)15;/h4H,1-3H2,(H,13,14,15);1H3. The first kappa shape index (κ1) is 18.8. The van der Waals surface area contributed by atoms with Crippen LogP contribution in [0.25, 0.3) is 0 Å². The van der Waals surface area contributed by atoms with E-state index in [4.69, 9.17) is 0 Å². The van der Waals surface area contributed by atoms with E-state index in [1.54, 1.807) is 0 Å². The van der Waals surface area contributed by atoms with Crippen LogP contribution in [0.5, 0.6) is 0 Å². The molecule has 0 aromatic rings. The molecule has 0 aliphatic carbocycles. The van der Waals surface area contributed by atoms with Crippen LogP contribution in [0.2, 0.25) is 0 Å². The van der Waals surface area contributed by atoms with Crippen molar-refractivity contribution < 1.29 is 39.3 Å². The average molecular weight is 291 g/mol. The van der Waals surface area contributed by atoms with Crippen molar-refractivity contribution in [2.45, 2.75) is 36.9 Å². The van der Waals surface area contributed by atoms with Crippen LogP contribution in [0.1, 0.15) is 19.3 Å². The molecule has 1 unspecified atom stereocenters. The highest BCUT2D eigenvalue weighted by atomic mass is 32.2. The Hall–Kier alpha value is -0.550. The summed E-state index contributed by atoms with van der Waals surface area (Å²) in [5.74, 6) is 0. The number of rotatable bonds is 5. The topological polar surface area (TPSA) is 93.7 Å². The van der Waals surface area contributed by atoms with Crippen molar-refractivity contribution in [1.82, 2.24) is 6.15 Å². The molecule has 0 aliphatic heterocycles. The summed E-state index contributed by atoms with van der Waals surface area (Å²) in [6.07, 6.45) is -12.0. The van der Waals surface area contributed by atoms with E-state index in [0.717, 1.165) is 0 Å². The van der Waals surface area contributed by atoms with Crippen molar-refractivity contribution in [3.8, 4) is 0 Å². The smallest absolute Gasteiger partial charge is 0.389 e. The van der Waals surface area contributed by atoms with Gasteiger partial charge in [-0.25, -0.2) is 12.8 Å². The van der Waals surface area contributed by atoms with Gasteiger partial charge in [0.2, 0.25) is 0 Å². The molecule has 0 rings (SSSR count). The molecule has 1 atom stereocenters. The Balaban J connectivity index is 0. The minimum atomic E-state index is -6.21. The molecule has 11 heteroatoms. The third-order valence-corrected chi connectivity index (χ3v) is 2.54. The maximum Gasteiger partial charge on any atom is 0.389 e. The molecule has 0 radical (unpaired) electrons. The van der Waals surface area contributed by atoms with Crippen molar-refractivity contribution in [3.63, 3.8) is 0 Å². The zero-order chi connectivity index (χ0) is 13.2.